The molecule has 1 N–H and O–H groups in total. The zero-order valence-electron chi connectivity index (χ0n) is 16.8. The highest BCUT2D eigenvalue weighted by Gasteiger charge is 2.24. The van der Waals surface area contributed by atoms with Gasteiger partial charge in [-0.05, 0) is 36.5 Å². The highest BCUT2D eigenvalue weighted by Crippen LogP contribution is 2.27. The summed E-state index contributed by atoms with van der Waals surface area (Å²) in [5.41, 5.74) is 0.803. The first-order valence-corrected chi connectivity index (χ1v) is 10.8. The maximum absolute atomic E-state index is 12.6. The Kier molecular flexibility index (Phi) is 6.60. The van der Waals surface area contributed by atoms with Gasteiger partial charge in [0.15, 0.2) is 11.9 Å². The third-order valence-corrected chi connectivity index (χ3v) is 6.09. The first-order chi connectivity index (χ1) is 14.7. The number of aromatic nitrogens is 4. The van der Waals surface area contributed by atoms with E-state index in [1.54, 1.807) is 6.20 Å². The molecule has 1 atom stereocenters. The molecule has 1 amide bonds. The number of benzene rings is 1. The molecule has 3 heterocycles. The lowest BCUT2D eigenvalue weighted by Crippen LogP contribution is -2.34. The third kappa shape index (κ3) is 4.98. The number of amides is 1. The molecule has 1 fully saturated rings. The number of hydrogen-bond donors (Lipinski definition) is 1. The van der Waals surface area contributed by atoms with Crippen LogP contribution in [0.2, 0.25) is 0 Å². The molecule has 0 bridgehead atoms. The molecule has 1 unspecified atom stereocenters. The van der Waals surface area contributed by atoms with Gasteiger partial charge in [0.1, 0.15) is 5.01 Å². The molecule has 8 nitrogen and oxygen atoms in total. The number of nitrogens with zero attached hydrogens (tertiary/aromatic N) is 5. The molecule has 30 heavy (non-hydrogen) atoms. The predicted octanol–water partition coefficient (Wildman–Crippen LogP) is 3.11. The van der Waals surface area contributed by atoms with E-state index in [-0.39, 0.29) is 5.91 Å². The number of piperidine rings is 1. The number of anilines is 2. The van der Waals surface area contributed by atoms with Crippen molar-refractivity contribution in [2.45, 2.75) is 25.4 Å². The van der Waals surface area contributed by atoms with E-state index < -0.39 is 6.10 Å². The molecule has 0 saturated carbocycles. The standard InChI is InChI=1S/C21H24N6O2S/c1-29-19(16-6-3-2-4-7-16)20(28)23-21-26-25-18(30-21)14-15-9-12-27(13-10-15)17-8-5-11-22-24-17/h2-8,11,15,19H,9-10,12-14H2,1H3,(H,23,26,28). The number of carbonyl (C=O) groups is 1. The summed E-state index contributed by atoms with van der Waals surface area (Å²) in [4.78, 5) is 14.9. The summed E-state index contributed by atoms with van der Waals surface area (Å²) in [5.74, 6) is 1.23. The van der Waals surface area contributed by atoms with Gasteiger partial charge in [-0.25, -0.2) is 0 Å². The summed E-state index contributed by atoms with van der Waals surface area (Å²) >= 11 is 1.43. The number of methoxy groups -OCH3 is 1. The topological polar surface area (TPSA) is 93.1 Å². The average Bonchev–Trinajstić information content (AvgIpc) is 3.23. The molecule has 156 valence electrons. The fraction of sp³-hybridized carbons (Fsp3) is 0.381. The lowest BCUT2D eigenvalue weighted by Gasteiger charge is -2.32. The maximum Gasteiger partial charge on any atom is 0.259 e. The van der Waals surface area contributed by atoms with Crippen LogP contribution in [0.4, 0.5) is 10.9 Å². The Morgan fingerprint density at radius 2 is 1.97 bits per heavy atom. The van der Waals surface area contributed by atoms with Crippen LogP contribution in [0.15, 0.2) is 48.7 Å². The van der Waals surface area contributed by atoms with Crippen molar-refractivity contribution < 1.29 is 9.53 Å². The van der Waals surface area contributed by atoms with E-state index in [0.717, 1.165) is 48.7 Å². The molecule has 1 aliphatic heterocycles. The monoisotopic (exact) mass is 424 g/mol. The van der Waals surface area contributed by atoms with E-state index in [1.807, 2.05) is 42.5 Å². The highest BCUT2D eigenvalue weighted by atomic mass is 32.1. The lowest BCUT2D eigenvalue weighted by molar-refractivity contribution is -0.126. The van der Waals surface area contributed by atoms with Crippen LogP contribution in [-0.4, -0.2) is 46.5 Å². The van der Waals surface area contributed by atoms with Crippen molar-refractivity contribution >= 4 is 28.2 Å². The van der Waals surface area contributed by atoms with Crippen LogP contribution in [0.3, 0.4) is 0 Å². The fourth-order valence-corrected chi connectivity index (χ4v) is 4.51. The van der Waals surface area contributed by atoms with Gasteiger partial charge in [-0.1, -0.05) is 41.7 Å². The van der Waals surface area contributed by atoms with Gasteiger partial charge < -0.3 is 9.64 Å². The smallest absolute Gasteiger partial charge is 0.259 e. The van der Waals surface area contributed by atoms with Gasteiger partial charge in [-0.15, -0.1) is 15.3 Å². The zero-order valence-corrected chi connectivity index (χ0v) is 17.6. The average molecular weight is 425 g/mol. The number of carbonyl (C=O) groups excluding carboxylic acids is 1. The Hall–Kier alpha value is -2.91. The zero-order chi connectivity index (χ0) is 20.8. The van der Waals surface area contributed by atoms with E-state index in [9.17, 15) is 4.79 Å². The van der Waals surface area contributed by atoms with Gasteiger partial charge in [0.2, 0.25) is 5.13 Å². The van der Waals surface area contributed by atoms with Crippen molar-refractivity contribution in [2.24, 2.45) is 5.92 Å². The summed E-state index contributed by atoms with van der Waals surface area (Å²) in [5, 5.41) is 20.9. The van der Waals surface area contributed by atoms with E-state index >= 15 is 0 Å². The second-order valence-electron chi connectivity index (χ2n) is 7.23. The Morgan fingerprint density at radius 3 is 2.67 bits per heavy atom. The molecular formula is C21H24N6O2S. The highest BCUT2D eigenvalue weighted by molar-refractivity contribution is 7.15. The van der Waals surface area contributed by atoms with Crippen molar-refractivity contribution in [2.75, 3.05) is 30.4 Å². The van der Waals surface area contributed by atoms with Gasteiger partial charge in [0.05, 0.1) is 0 Å². The van der Waals surface area contributed by atoms with Crippen LogP contribution in [-0.2, 0) is 16.0 Å². The van der Waals surface area contributed by atoms with Crippen LogP contribution < -0.4 is 10.2 Å². The first kappa shape index (κ1) is 20.4. The third-order valence-electron chi connectivity index (χ3n) is 5.23. The molecule has 9 heteroatoms. The van der Waals surface area contributed by atoms with Gasteiger partial charge in [-0.2, -0.15) is 5.10 Å². The van der Waals surface area contributed by atoms with Crippen molar-refractivity contribution in [3.05, 3.63) is 59.2 Å². The quantitative estimate of drug-likeness (QED) is 0.623. The van der Waals surface area contributed by atoms with Gasteiger partial charge in [0.25, 0.3) is 5.91 Å². The molecule has 0 radical (unpaired) electrons. The van der Waals surface area contributed by atoms with Crippen LogP contribution >= 0.6 is 11.3 Å². The molecule has 1 aliphatic rings. The molecule has 4 rings (SSSR count). The maximum atomic E-state index is 12.6. The number of hydrogen-bond acceptors (Lipinski definition) is 8. The largest absolute Gasteiger partial charge is 0.367 e. The van der Waals surface area contributed by atoms with E-state index in [4.69, 9.17) is 4.74 Å². The van der Waals surface area contributed by atoms with Crippen LogP contribution in [0.25, 0.3) is 0 Å². The van der Waals surface area contributed by atoms with Crippen molar-refractivity contribution in [1.29, 1.82) is 0 Å². The van der Waals surface area contributed by atoms with Gasteiger partial charge in [0, 0.05) is 32.8 Å². The molecule has 1 saturated heterocycles. The molecule has 0 aliphatic carbocycles. The van der Waals surface area contributed by atoms with Crippen LogP contribution in [0.1, 0.15) is 29.5 Å². The van der Waals surface area contributed by atoms with Crippen LogP contribution in [0.5, 0.6) is 0 Å². The Labute approximate surface area is 179 Å². The first-order valence-electron chi connectivity index (χ1n) is 9.96. The van der Waals surface area contributed by atoms with Gasteiger partial charge in [-0.3, -0.25) is 10.1 Å². The molecule has 0 spiro atoms. The molecule has 3 aromatic rings. The Balaban J connectivity index is 1.30. The van der Waals surface area contributed by atoms with Crippen molar-refractivity contribution in [3.8, 4) is 0 Å². The normalized spacial score (nSPS) is 15.7. The molecule has 2 aromatic heterocycles. The minimum absolute atomic E-state index is 0.247. The predicted molar refractivity (Wildman–Crippen MR) is 115 cm³/mol. The summed E-state index contributed by atoms with van der Waals surface area (Å²) < 4.78 is 5.38. The van der Waals surface area contributed by atoms with Crippen LogP contribution in [0, 0.1) is 5.92 Å². The Bertz CT molecular complexity index is 944. The minimum Gasteiger partial charge on any atom is -0.367 e. The molecular weight excluding hydrogens is 400 g/mol. The lowest BCUT2D eigenvalue weighted by atomic mass is 9.94. The second kappa shape index (κ2) is 9.73. The number of rotatable bonds is 7. The number of nitrogens with one attached hydrogen (secondary N) is 1. The summed E-state index contributed by atoms with van der Waals surface area (Å²) in [7, 11) is 1.52. The van der Waals surface area contributed by atoms with Crippen molar-refractivity contribution in [1.82, 2.24) is 20.4 Å². The van der Waals surface area contributed by atoms with Gasteiger partial charge >= 0.3 is 0 Å². The summed E-state index contributed by atoms with van der Waals surface area (Å²) in [6, 6.07) is 13.3. The summed E-state index contributed by atoms with van der Waals surface area (Å²) in [6.07, 6.45) is 4.02. The number of ether oxygens (including phenoxy) is 1. The SMILES string of the molecule is COC(C(=O)Nc1nnc(CC2CCN(c3cccnn3)CC2)s1)c1ccccc1. The van der Waals surface area contributed by atoms with E-state index in [0.29, 0.717) is 11.0 Å². The summed E-state index contributed by atoms with van der Waals surface area (Å²) in [6.45, 7) is 1.91. The van der Waals surface area contributed by atoms with E-state index in [2.05, 4.69) is 30.6 Å². The van der Waals surface area contributed by atoms with Crippen molar-refractivity contribution in [3.63, 3.8) is 0 Å². The Morgan fingerprint density at radius 1 is 1.17 bits per heavy atom. The molecule has 1 aromatic carbocycles. The van der Waals surface area contributed by atoms with E-state index in [1.165, 1.54) is 18.4 Å². The fourth-order valence-electron chi connectivity index (χ4n) is 3.66. The second-order valence-corrected chi connectivity index (χ2v) is 8.30. The minimum atomic E-state index is -0.677.